The average Bonchev–Trinajstić information content (AvgIpc) is 2.24. The molecule has 1 heterocycles. The Hall–Kier alpha value is -0.930. The van der Waals surface area contributed by atoms with E-state index in [4.69, 9.17) is 26.8 Å². The second-order valence-corrected chi connectivity index (χ2v) is 4.05. The molecule has 15 heavy (non-hydrogen) atoms. The summed E-state index contributed by atoms with van der Waals surface area (Å²) in [6, 6.07) is 5.30. The van der Waals surface area contributed by atoms with Crippen LogP contribution in [0.15, 0.2) is 18.2 Å². The fourth-order valence-electron chi connectivity index (χ4n) is 1.60. The summed E-state index contributed by atoms with van der Waals surface area (Å²) in [6.07, 6.45) is 2.05. The third-order valence-electron chi connectivity index (χ3n) is 2.43. The first-order chi connectivity index (χ1) is 7.25. The summed E-state index contributed by atoms with van der Waals surface area (Å²) < 4.78 is 11.0. The zero-order chi connectivity index (χ0) is 10.7. The molecule has 1 saturated heterocycles. The summed E-state index contributed by atoms with van der Waals surface area (Å²) in [4.78, 5) is 0. The van der Waals surface area contributed by atoms with E-state index < -0.39 is 0 Å². The van der Waals surface area contributed by atoms with Crippen LogP contribution in [0.25, 0.3) is 0 Å². The molecule has 1 aliphatic heterocycles. The number of hydrogen-bond donors (Lipinski definition) is 1. The summed E-state index contributed by atoms with van der Waals surface area (Å²) in [5.74, 6) is 0.714. The Morgan fingerprint density at radius 1 is 1.33 bits per heavy atom. The molecule has 0 saturated carbocycles. The van der Waals surface area contributed by atoms with Gasteiger partial charge in [-0.05, 0) is 18.2 Å². The van der Waals surface area contributed by atoms with E-state index in [0.29, 0.717) is 16.5 Å². The molecule has 0 unspecified atom stereocenters. The van der Waals surface area contributed by atoms with Crippen LogP contribution in [0.3, 0.4) is 0 Å². The molecule has 0 radical (unpaired) electrons. The fraction of sp³-hybridized carbons (Fsp3) is 0.455. The van der Waals surface area contributed by atoms with Crippen LogP contribution in [0.1, 0.15) is 12.8 Å². The lowest BCUT2D eigenvalue weighted by Gasteiger charge is -2.23. The predicted octanol–water partition coefficient (Wildman–Crippen LogP) is 2.48. The molecule has 1 aromatic carbocycles. The third kappa shape index (κ3) is 2.76. The lowest BCUT2D eigenvalue weighted by atomic mass is 10.1. The quantitative estimate of drug-likeness (QED) is 0.790. The van der Waals surface area contributed by atoms with Gasteiger partial charge >= 0.3 is 0 Å². The number of hydrogen-bond acceptors (Lipinski definition) is 3. The van der Waals surface area contributed by atoms with Crippen LogP contribution in [-0.4, -0.2) is 19.3 Å². The normalized spacial score (nSPS) is 17.7. The van der Waals surface area contributed by atoms with Crippen LogP contribution < -0.4 is 10.5 Å². The molecule has 2 N–H and O–H groups in total. The van der Waals surface area contributed by atoms with Gasteiger partial charge < -0.3 is 15.2 Å². The molecule has 0 spiro atoms. The lowest BCUT2D eigenvalue weighted by molar-refractivity contribution is 0.0259. The lowest BCUT2D eigenvalue weighted by Crippen LogP contribution is -2.26. The van der Waals surface area contributed by atoms with Crippen molar-refractivity contribution in [3.8, 4) is 5.75 Å². The number of halogens is 1. The Labute approximate surface area is 94.1 Å². The van der Waals surface area contributed by atoms with Gasteiger partial charge in [-0.1, -0.05) is 11.6 Å². The molecule has 1 aromatic rings. The van der Waals surface area contributed by atoms with E-state index in [2.05, 4.69) is 0 Å². The van der Waals surface area contributed by atoms with E-state index in [1.165, 1.54) is 0 Å². The molecule has 82 valence electrons. The molecule has 1 fully saturated rings. The van der Waals surface area contributed by atoms with Gasteiger partial charge in [0.1, 0.15) is 11.9 Å². The van der Waals surface area contributed by atoms with Gasteiger partial charge in [0.2, 0.25) is 0 Å². The summed E-state index contributed by atoms with van der Waals surface area (Å²) in [5, 5.41) is 0.631. The van der Waals surface area contributed by atoms with Crippen molar-refractivity contribution in [3.63, 3.8) is 0 Å². The van der Waals surface area contributed by atoms with Crippen molar-refractivity contribution in [2.45, 2.75) is 18.9 Å². The molecule has 3 nitrogen and oxygen atoms in total. The zero-order valence-electron chi connectivity index (χ0n) is 8.41. The van der Waals surface area contributed by atoms with Gasteiger partial charge in [-0.2, -0.15) is 0 Å². The molecule has 0 aromatic heterocycles. The molecule has 1 aliphatic rings. The highest BCUT2D eigenvalue weighted by Crippen LogP contribution is 2.27. The molecule has 4 heteroatoms. The predicted molar refractivity (Wildman–Crippen MR) is 60.3 cm³/mol. The monoisotopic (exact) mass is 227 g/mol. The van der Waals surface area contributed by atoms with Crippen molar-refractivity contribution in [1.29, 1.82) is 0 Å². The van der Waals surface area contributed by atoms with E-state index in [-0.39, 0.29) is 6.10 Å². The van der Waals surface area contributed by atoms with E-state index in [0.717, 1.165) is 26.1 Å². The zero-order valence-corrected chi connectivity index (χ0v) is 9.17. The first kappa shape index (κ1) is 10.6. The molecule has 0 aliphatic carbocycles. The SMILES string of the molecule is Nc1cc(Cl)ccc1OC1CCOCC1. The Kier molecular flexibility index (Phi) is 3.34. The minimum atomic E-state index is 0.210. The number of ether oxygens (including phenoxy) is 2. The van der Waals surface area contributed by atoms with Gasteiger partial charge in [-0.25, -0.2) is 0 Å². The Morgan fingerprint density at radius 3 is 2.73 bits per heavy atom. The summed E-state index contributed by atoms with van der Waals surface area (Å²) in [5.41, 5.74) is 6.39. The van der Waals surface area contributed by atoms with Crippen LogP contribution in [-0.2, 0) is 4.74 Å². The minimum Gasteiger partial charge on any atom is -0.488 e. The van der Waals surface area contributed by atoms with Crippen LogP contribution in [0.2, 0.25) is 5.02 Å². The van der Waals surface area contributed by atoms with Gasteiger partial charge in [-0.3, -0.25) is 0 Å². The standard InChI is InChI=1S/C11H14ClNO2/c12-8-1-2-11(10(13)7-8)15-9-3-5-14-6-4-9/h1-2,7,9H,3-6,13H2. The molecular weight excluding hydrogens is 214 g/mol. The van der Waals surface area contributed by atoms with Crippen molar-refractivity contribution >= 4 is 17.3 Å². The molecule has 0 bridgehead atoms. The first-order valence-corrected chi connectivity index (χ1v) is 5.43. The Bertz CT molecular complexity index is 337. The smallest absolute Gasteiger partial charge is 0.142 e. The van der Waals surface area contributed by atoms with E-state index >= 15 is 0 Å². The maximum Gasteiger partial charge on any atom is 0.142 e. The Morgan fingerprint density at radius 2 is 2.07 bits per heavy atom. The summed E-state index contributed by atoms with van der Waals surface area (Å²) in [6.45, 7) is 1.52. The second-order valence-electron chi connectivity index (χ2n) is 3.61. The van der Waals surface area contributed by atoms with Gasteiger partial charge in [0, 0.05) is 17.9 Å². The molecule has 0 amide bonds. The van der Waals surface area contributed by atoms with Crippen molar-refractivity contribution < 1.29 is 9.47 Å². The van der Waals surface area contributed by atoms with Gasteiger partial charge in [-0.15, -0.1) is 0 Å². The van der Waals surface area contributed by atoms with Crippen LogP contribution in [0.5, 0.6) is 5.75 Å². The summed E-state index contributed by atoms with van der Waals surface area (Å²) in [7, 11) is 0. The minimum absolute atomic E-state index is 0.210. The maximum absolute atomic E-state index is 5.80. The Balaban J connectivity index is 2.03. The maximum atomic E-state index is 5.80. The van der Waals surface area contributed by atoms with Crippen molar-refractivity contribution in [3.05, 3.63) is 23.2 Å². The van der Waals surface area contributed by atoms with Crippen molar-refractivity contribution in [2.75, 3.05) is 18.9 Å². The first-order valence-electron chi connectivity index (χ1n) is 5.05. The molecular formula is C11H14ClNO2. The van der Waals surface area contributed by atoms with Crippen LogP contribution in [0.4, 0.5) is 5.69 Å². The van der Waals surface area contributed by atoms with Crippen molar-refractivity contribution in [2.24, 2.45) is 0 Å². The second kappa shape index (κ2) is 4.73. The van der Waals surface area contributed by atoms with Gasteiger partial charge in [0.25, 0.3) is 0 Å². The number of nitrogens with two attached hydrogens (primary N) is 1. The van der Waals surface area contributed by atoms with Gasteiger partial charge in [0.15, 0.2) is 0 Å². The fourth-order valence-corrected chi connectivity index (χ4v) is 1.78. The summed E-state index contributed by atoms with van der Waals surface area (Å²) >= 11 is 5.80. The van der Waals surface area contributed by atoms with Gasteiger partial charge in [0.05, 0.1) is 18.9 Å². The van der Waals surface area contributed by atoms with Crippen molar-refractivity contribution in [1.82, 2.24) is 0 Å². The largest absolute Gasteiger partial charge is 0.488 e. The van der Waals surface area contributed by atoms with Crippen LogP contribution >= 0.6 is 11.6 Å². The number of rotatable bonds is 2. The van der Waals surface area contributed by atoms with E-state index in [9.17, 15) is 0 Å². The average molecular weight is 228 g/mol. The molecule has 0 atom stereocenters. The number of benzene rings is 1. The molecule has 2 rings (SSSR count). The number of nitrogen functional groups attached to an aromatic ring is 1. The highest BCUT2D eigenvalue weighted by atomic mass is 35.5. The number of anilines is 1. The van der Waals surface area contributed by atoms with E-state index in [1.807, 2.05) is 6.07 Å². The highest BCUT2D eigenvalue weighted by molar-refractivity contribution is 6.30. The van der Waals surface area contributed by atoms with E-state index in [1.54, 1.807) is 12.1 Å². The topological polar surface area (TPSA) is 44.5 Å². The highest BCUT2D eigenvalue weighted by Gasteiger charge is 2.16. The van der Waals surface area contributed by atoms with Crippen LogP contribution in [0, 0.1) is 0 Å². The third-order valence-corrected chi connectivity index (χ3v) is 2.67.